The van der Waals surface area contributed by atoms with E-state index in [4.69, 9.17) is 5.26 Å². The van der Waals surface area contributed by atoms with Crippen LogP contribution in [0.15, 0.2) is 23.1 Å². The third-order valence-electron chi connectivity index (χ3n) is 2.86. The van der Waals surface area contributed by atoms with Crippen molar-refractivity contribution in [2.24, 2.45) is 0 Å². The number of para-hydroxylation sites is 1. The maximum atomic E-state index is 8.77. The molecule has 1 aromatic carbocycles. The number of fused-ring (bicyclic) bond motifs is 1. The van der Waals surface area contributed by atoms with Crippen LogP contribution in [0.5, 0.6) is 0 Å². The van der Waals surface area contributed by atoms with E-state index in [0.717, 1.165) is 5.75 Å². The minimum atomic E-state index is 0.355. The lowest BCUT2D eigenvalue weighted by molar-refractivity contribution is 0.696. The number of nitriles is 1. The predicted molar refractivity (Wildman–Crippen MR) is 64.3 cm³/mol. The molecule has 2 nitrogen and oxygen atoms in total. The molecule has 0 saturated carbocycles. The average Bonchev–Trinajstić information content (AvgIpc) is 2.22. The summed E-state index contributed by atoms with van der Waals surface area (Å²) in [4.78, 5) is 3.59. The Morgan fingerprint density at radius 3 is 3.13 bits per heavy atom. The van der Waals surface area contributed by atoms with Gasteiger partial charge in [-0.05, 0) is 18.6 Å². The molecule has 0 radical (unpaired) electrons. The first-order valence-electron chi connectivity index (χ1n) is 5.06. The molecule has 0 amide bonds. The van der Waals surface area contributed by atoms with E-state index >= 15 is 0 Å². The first kappa shape index (κ1) is 10.4. The summed E-state index contributed by atoms with van der Waals surface area (Å²) < 4.78 is 0. The number of anilines is 1. The van der Waals surface area contributed by atoms with Crippen LogP contribution in [0.1, 0.15) is 12.0 Å². The molecule has 1 aromatic rings. The van der Waals surface area contributed by atoms with Gasteiger partial charge in [0.05, 0.1) is 24.2 Å². The number of nitrogens with zero attached hydrogens (tertiary/aromatic N) is 2. The Balaban J connectivity index is 2.37. The minimum Gasteiger partial charge on any atom is -0.369 e. The molecular formula is C12H14N2S. The topological polar surface area (TPSA) is 27.0 Å². The van der Waals surface area contributed by atoms with Crippen LogP contribution in [-0.4, -0.2) is 18.8 Å². The van der Waals surface area contributed by atoms with Crippen molar-refractivity contribution in [2.75, 3.05) is 17.7 Å². The maximum absolute atomic E-state index is 8.77. The van der Waals surface area contributed by atoms with E-state index in [-0.39, 0.29) is 0 Å². The summed E-state index contributed by atoms with van der Waals surface area (Å²) in [5.41, 5.74) is 2.60. The zero-order chi connectivity index (χ0) is 10.8. The van der Waals surface area contributed by atoms with Gasteiger partial charge >= 0.3 is 0 Å². The highest BCUT2D eigenvalue weighted by atomic mass is 32.2. The summed E-state index contributed by atoms with van der Waals surface area (Å²) in [7, 11) is 2.09. The van der Waals surface area contributed by atoms with Gasteiger partial charge in [-0.25, -0.2) is 0 Å². The molecule has 1 atom stereocenters. The lowest BCUT2D eigenvalue weighted by Crippen LogP contribution is -2.36. The number of thioether (sulfide) groups is 1. The fourth-order valence-corrected chi connectivity index (χ4v) is 3.31. The van der Waals surface area contributed by atoms with Crippen molar-refractivity contribution in [1.29, 1.82) is 5.26 Å². The van der Waals surface area contributed by atoms with Crippen LogP contribution < -0.4 is 4.90 Å². The molecule has 0 saturated heterocycles. The van der Waals surface area contributed by atoms with E-state index < -0.39 is 0 Å². The number of aryl methyl sites for hydroxylation is 1. The number of rotatable bonds is 1. The third kappa shape index (κ3) is 1.82. The Kier molecular flexibility index (Phi) is 2.88. The van der Waals surface area contributed by atoms with Crippen LogP contribution in [-0.2, 0) is 0 Å². The predicted octanol–water partition coefficient (Wildman–Crippen LogP) is 2.82. The highest BCUT2D eigenvalue weighted by molar-refractivity contribution is 7.99. The van der Waals surface area contributed by atoms with Crippen LogP contribution in [0.3, 0.4) is 0 Å². The average molecular weight is 218 g/mol. The van der Waals surface area contributed by atoms with Gasteiger partial charge in [0.25, 0.3) is 0 Å². The normalized spacial score (nSPS) is 19.5. The Morgan fingerprint density at radius 2 is 2.40 bits per heavy atom. The lowest BCUT2D eigenvalue weighted by atomic mass is 10.1. The molecule has 0 bridgehead atoms. The first-order valence-corrected chi connectivity index (χ1v) is 6.05. The number of benzene rings is 1. The summed E-state index contributed by atoms with van der Waals surface area (Å²) in [6.07, 6.45) is 0.608. The Hall–Kier alpha value is -1.14. The van der Waals surface area contributed by atoms with E-state index in [1.807, 2.05) is 11.8 Å². The molecule has 2 rings (SSSR count). The fraction of sp³-hybridized carbons (Fsp3) is 0.417. The highest BCUT2D eigenvalue weighted by Gasteiger charge is 2.24. The molecule has 15 heavy (non-hydrogen) atoms. The van der Waals surface area contributed by atoms with Gasteiger partial charge in [0, 0.05) is 17.7 Å². The molecule has 1 aliphatic heterocycles. The second-order valence-corrected chi connectivity index (χ2v) is 4.92. The molecule has 0 fully saturated rings. The van der Waals surface area contributed by atoms with Crippen LogP contribution in [0, 0.1) is 18.3 Å². The van der Waals surface area contributed by atoms with Gasteiger partial charge in [-0.2, -0.15) is 5.26 Å². The fourth-order valence-electron chi connectivity index (χ4n) is 1.98. The second-order valence-electron chi connectivity index (χ2n) is 3.86. The molecule has 1 unspecified atom stereocenters. The first-order chi connectivity index (χ1) is 7.24. The summed E-state index contributed by atoms with van der Waals surface area (Å²) in [5, 5.41) is 8.77. The molecule has 0 N–H and O–H groups in total. The van der Waals surface area contributed by atoms with Gasteiger partial charge in [-0.3, -0.25) is 0 Å². The minimum absolute atomic E-state index is 0.355. The van der Waals surface area contributed by atoms with Crippen molar-refractivity contribution in [3.05, 3.63) is 23.8 Å². The quantitative estimate of drug-likeness (QED) is 0.725. The standard InChI is InChI=1S/C12H14N2S/c1-9-4-3-5-11-12(9)14(2)10(6-7-13)8-15-11/h3-5,10H,6,8H2,1-2H3. The van der Waals surface area contributed by atoms with Crippen LogP contribution >= 0.6 is 11.8 Å². The van der Waals surface area contributed by atoms with Crippen molar-refractivity contribution in [3.63, 3.8) is 0 Å². The van der Waals surface area contributed by atoms with Gasteiger partial charge in [-0.1, -0.05) is 12.1 Å². The molecular weight excluding hydrogens is 204 g/mol. The van der Waals surface area contributed by atoms with Gasteiger partial charge in [0.15, 0.2) is 0 Å². The van der Waals surface area contributed by atoms with Gasteiger partial charge in [0.2, 0.25) is 0 Å². The number of hydrogen-bond donors (Lipinski definition) is 0. The summed E-state index contributed by atoms with van der Waals surface area (Å²) in [6, 6.07) is 9.00. The van der Waals surface area contributed by atoms with Crippen LogP contribution in [0.4, 0.5) is 5.69 Å². The van der Waals surface area contributed by atoms with Gasteiger partial charge in [-0.15, -0.1) is 11.8 Å². The SMILES string of the molecule is Cc1cccc2c1N(C)C(CC#N)CS2. The van der Waals surface area contributed by atoms with E-state index in [1.54, 1.807) is 0 Å². The van der Waals surface area contributed by atoms with E-state index in [1.165, 1.54) is 16.1 Å². The highest BCUT2D eigenvalue weighted by Crippen LogP contribution is 2.39. The Labute approximate surface area is 94.9 Å². The van der Waals surface area contributed by atoms with Crippen LogP contribution in [0.2, 0.25) is 0 Å². The van der Waals surface area contributed by atoms with Crippen molar-refractivity contribution >= 4 is 17.4 Å². The van der Waals surface area contributed by atoms with E-state index in [2.05, 4.69) is 43.1 Å². The molecule has 1 heterocycles. The lowest BCUT2D eigenvalue weighted by Gasteiger charge is -2.35. The zero-order valence-corrected chi connectivity index (χ0v) is 9.84. The Morgan fingerprint density at radius 1 is 1.60 bits per heavy atom. The second kappa shape index (κ2) is 4.16. The maximum Gasteiger partial charge on any atom is 0.0643 e. The molecule has 1 aliphatic rings. The molecule has 3 heteroatoms. The molecule has 0 aliphatic carbocycles. The summed E-state index contributed by atoms with van der Waals surface area (Å²) >= 11 is 1.86. The zero-order valence-electron chi connectivity index (χ0n) is 9.03. The monoisotopic (exact) mass is 218 g/mol. The molecule has 0 spiro atoms. The molecule has 0 aromatic heterocycles. The largest absolute Gasteiger partial charge is 0.369 e. The van der Waals surface area contributed by atoms with Crippen molar-refractivity contribution < 1.29 is 0 Å². The van der Waals surface area contributed by atoms with E-state index in [0.29, 0.717) is 12.5 Å². The summed E-state index contributed by atoms with van der Waals surface area (Å²) in [6.45, 7) is 2.13. The van der Waals surface area contributed by atoms with Crippen molar-refractivity contribution in [2.45, 2.75) is 24.3 Å². The Bertz CT molecular complexity index is 409. The van der Waals surface area contributed by atoms with Crippen molar-refractivity contribution in [1.82, 2.24) is 0 Å². The third-order valence-corrected chi connectivity index (χ3v) is 4.05. The molecule has 78 valence electrons. The smallest absolute Gasteiger partial charge is 0.0643 e. The van der Waals surface area contributed by atoms with Crippen molar-refractivity contribution in [3.8, 4) is 6.07 Å². The van der Waals surface area contributed by atoms with Gasteiger partial charge in [0.1, 0.15) is 0 Å². The van der Waals surface area contributed by atoms with Gasteiger partial charge < -0.3 is 4.90 Å². The van der Waals surface area contributed by atoms with E-state index in [9.17, 15) is 0 Å². The van der Waals surface area contributed by atoms with Crippen LogP contribution in [0.25, 0.3) is 0 Å². The summed E-state index contributed by atoms with van der Waals surface area (Å²) in [5.74, 6) is 1.01. The number of hydrogen-bond acceptors (Lipinski definition) is 3.